The second-order valence-electron chi connectivity index (χ2n) is 4.40. The number of ether oxygens (including phenoxy) is 1. The first kappa shape index (κ1) is 14.5. The molecule has 0 fully saturated rings. The molecule has 1 N–H and O–H groups in total. The summed E-state index contributed by atoms with van der Waals surface area (Å²) >= 11 is 3.33. The van der Waals surface area contributed by atoms with Gasteiger partial charge in [-0.15, -0.1) is 0 Å². The number of methoxy groups -OCH3 is 1. The Bertz CT molecular complexity index is 612. The molecular formula is C15H15BrN2O2. The van der Waals surface area contributed by atoms with Crippen LogP contribution >= 0.6 is 15.9 Å². The van der Waals surface area contributed by atoms with E-state index >= 15 is 0 Å². The minimum Gasteiger partial charge on any atom is -0.497 e. The molecule has 5 heteroatoms. The first-order valence-corrected chi connectivity index (χ1v) is 6.92. The Morgan fingerprint density at radius 3 is 2.65 bits per heavy atom. The van der Waals surface area contributed by atoms with Crippen molar-refractivity contribution in [1.82, 2.24) is 4.98 Å². The summed E-state index contributed by atoms with van der Waals surface area (Å²) in [7, 11) is 1.62. The molecular weight excluding hydrogens is 320 g/mol. The molecule has 0 unspecified atom stereocenters. The van der Waals surface area contributed by atoms with Crippen molar-refractivity contribution >= 4 is 27.5 Å². The minimum atomic E-state index is -0.0707. The van der Waals surface area contributed by atoms with E-state index in [1.807, 2.05) is 37.3 Å². The van der Waals surface area contributed by atoms with Crippen molar-refractivity contribution < 1.29 is 9.53 Å². The predicted molar refractivity (Wildman–Crippen MR) is 82.0 cm³/mol. The Kier molecular flexibility index (Phi) is 4.74. The van der Waals surface area contributed by atoms with Crippen LogP contribution in [0.3, 0.4) is 0 Å². The summed E-state index contributed by atoms with van der Waals surface area (Å²) in [6.07, 6.45) is 1.95. The highest BCUT2D eigenvalue weighted by molar-refractivity contribution is 9.10. The van der Waals surface area contributed by atoms with Gasteiger partial charge in [0.2, 0.25) is 5.91 Å². The quantitative estimate of drug-likeness (QED) is 0.872. The highest BCUT2D eigenvalue weighted by Gasteiger charge is 2.06. The number of anilines is 1. The molecule has 0 aliphatic rings. The predicted octanol–water partition coefficient (Wildman–Crippen LogP) is 3.34. The van der Waals surface area contributed by atoms with Crippen LogP contribution in [0, 0.1) is 6.92 Å². The Labute approximate surface area is 126 Å². The molecule has 0 bridgehead atoms. The molecule has 4 nitrogen and oxygen atoms in total. The third-order valence-electron chi connectivity index (χ3n) is 2.82. The van der Waals surface area contributed by atoms with Crippen LogP contribution < -0.4 is 10.1 Å². The highest BCUT2D eigenvalue weighted by Crippen LogP contribution is 2.17. The fourth-order valence-corrected chi connectivity index (χ4v) is 1.98. The van der Waals surface area contributed by atoms with E-state index in [9.17, 15) is 4.79 Å². The molecule has 2 aromatic rings. The number of nitrogens with zero attached hydrogens (tertiary/aromatic N) is 1. The van der Waals surface area contributed by atoms with E-state index in [-0.39, 0.29) is 5.91 Å². The first-order chi connectivity index (χ1) is 9.58. The number of amides is 1. The van der Waals surface area contributed by atoms with Crippen LogP contribution in [0.4, 0.5) is 5.69 Å². The number of hydrogen-bond acceptors (Lipinski definition) is 3. The largest absolute Gasteiger partial charge is 0.497 e. The van der Waals surface area contributed by atoms with Crippen molar-refractivity contribution in [3.05, 3.63) is 52.3 Å². The Morgan fingerprint density at radius 2 is 2.05 bits per heavy atom. The Morgan fingerprint density at radius 1 is 1.35 bits per heavy atom. The van der Waals surface area contributed by atoms with Gasteiger partial charge in [0, 0.05) is 0 Å². The van der Waals surface area contributed by atoms with E-state index in [2.05, 4.69) is 26.2 Å². The average Bonchev–Trinajstić information content (AvgIpc) is 2.44. The number of carbonyl (C=O) groups is 1. The van der Waals surface area contributed by atoms with E-state index < -0.39 is 0 Å². The minimum absolute atomic E-state index is 0.0707. The summed E-state index contributed by atoms with van der Waals surface area (Å²) in [6, 6.07) is 9.32. The lowest BCUT2D eigenvalue weighted by molar-refractivity contribution is -0.115. The summed E-state index contributed by atoms with van der Waals surface area (Å²) in [5.74, 6) is 0.709. The summed E-state index contributed by atoms with van der Waals surface area (Å²) in [6.45, 7) is 1.93. The van der Waals surface area contributed by atoms with Gasteiger partial charge in [0.05, 0.1) is 25.4 Å². The van der Waals surface area contributed by atoms with E-state index in [0.717, 1.165) is 21.5 Å². The number of rotatable bonds is 4. The van der Waals surface area contributed by atoms with E-state index in [1.54, 1.807) is 13.3 Å². The lowest BCUT2D eigenvalue weighted by Gasteiger charge is -2.07. The third kappa shape index (κ3) is 3.81. The maximum Gasteiger partial charge on any atom is 0.228 e. The van der Waals surface area contributed by atoms with Crippen LogP contribution in [0.25, 0.3) is 0 Å². The second-order valence-corrected chi connectivity index (χ2v) is 5.16. The number of nitrogens with one attached hydrogen (secondary N) is 1. The van der Waals surface area contributed by atoms with Gasteiger partial charge in [0.15, 0.2) is 0 Å². The molecule has 1 aromatic carbocycles. The SMILES string of the molecule is COc1ccc(CC(=O)Nc2cnc(Br)c(C)c2)cc1. The monoisotopic (exact) mass is 334 g/mol. The Balaban J connectivity index is 1.99. The molecule has 1 heterocycles. The molecule has 0 aliphatic heterocycles. The van der Waals surface area contributed by atoms with Gasteiger partial charge in [-0.2, -0.15) is 0 Å². The van der Waals surface area contributed by atoms with Crippen molar-refractivity contribution in [2.24, 2.45) is 0 Å². The molecule has 0 saturated carbocycles. The van der Waals surface area contributed by atoms with Crippen molar-refractivity contribution in [2.45, 2.75) is 13.3 Å². The molecule has 20 heavy (non-hydrogen) atoms. The second kappa shape index (κ2) is 6.52. The normalized spacial score (nSPS) is 10.2. The summed E-state index contributed by atoms with van der Waals surface area (Å²) in [4.78, 5) is 16.1. The molecule has 0 aliphatic carbocycles. The van der Waals surface area contributed by atoms with E-state index in [4.69, 9.17) is 4.74 Å². The van der Waals surface area contributed by atoms with Crippen molar-refractivity contribution in [1.29, 1.82) is 0 Å². The van der Waals surface area contributed by atoms with Gasteiger partial charge in [-0.05, 0) is 52.2 Å². The number of aryl methyl sites for hydroxylation is 1. The molecule has 1 aromatic heterocycles. The van der Waals surface area contributed by atoms with Crippen LogP contribution in [0.15, 0.2) is 41.1 Å². The van der Waals surface area contributed by atoms with Gasteiger partial charge in [0.1, 0.15) is 10.4 Å². The van der Waals surface area contributed by atoms with E-state index in [0.29, 0.717) is 12.1 Å². The van der Waals surface area contributed by atoms with Gasteiger partial charge in [-0.1, -0.05) is 12.1 Å². The average molecular weight is 335 g/mol. The zero-order valence-corrected chi connectivity index (χ0v) is 12.9. The standard InChI is InChI=1S/C15H15BrN2O2/c1-10-7-12(9-17-15(10)16)18-14(19)8-11-3-5-13(20-2)6-4-11/h3-7,9H,8H2,1-2H3,(H,18,19). The van der Waals surface area contributed by atoms with Gasteiger partial charge >= 0.3 is 0 Å². The summed E-state index contributed by atoms with van der Waals surface area (Å²) in [5.41, 5.74) is 2.61. The first-order valence-electron chi connectivity index (χ1n) is 6.13. The lowest BCUT2D eigenvalue weighted by atomic mass is 10.1. The summed E-state index contributed by atoms with van der Waals surface area (Å²) in [5, 5.41) is 2.83. The topological polar surface area (TPSA) is 51.2 Å². The van der Waals surface area contributed by atoms with Gasteiger partial charge in [-0.3, -0.25) is 4.79 Å². The highest BCUT2D eigenvalue weighted by atomic mass is 79.9. The Hall–Kier alpha value is -1.88. The number of pyridine rings is 1. The van der Waals surface area contributed by atoms with Gasteiger partial charge in [0.25, 0.3) is 0 Å². The zero-order valence-electron chi connectivity index (χ0n) is 11.3. The van der Waals surface area contributed by atoms with E-state index in [1.165, 1.54) is 0 Å². The maximum atomic E-state index is 12.0. The molecule has 104 valence electrons. The molecule has 0 saturated heterocycles. The fraction of sp³-hybridized carbons (Fsp3) is 0.200. The van der Waals surface area contributed by atoms with Crippen molar-refractivity contribution in [2.75, 3.05) is 12.4 Å². The maximum absolute atomic E-state index is 12.0. The van der Waals surface area contributed by atoms with Crippen LogP contribution in [-0.2, 0) is 11.2 Å². The lowest BCUT2D eigenvalue weighted by Crippen LogP contribution is -2.14. The van der Waals surface area contributed by atoms with Crippen LogP contribution in [0.5, 0.6) is 5.75 Å². The van der Waals surface area contributed by atoms with Gasteiger partial charge < -0.3 is 10.1 Å². The third-order valence-corrected chi connectivity index (χ3v) is 3.65. The van der Waals surface area contributed by atoms with Crippen LogP contribution in [-0.4, -0.2) is 18.0 Å². The zero-order chi connectivity index (χ0) is 14.5. The number of carbonyl (C=O) groups excluding carboxylic acids is 1. The van der Waals surface area contributed by atoms with Crippen LogP contribution in [0.1, 0.15) is 11.1 Å². The molecule has 0 radical (unpaired) electrons. The summed E-state index contributed by atoms with van der Waals surface area (Å²) < 4.78 is 5.86. The fourth-order valence-electron chi connectivity index (χ4n) is 1.76. The molecule has 0 atom stereocenters. The van der Waals surface area contributed by atoms with Gasteiger partial charge in [-0.25, -0.2) is 4.98 Å². The number of hydrogen-bond donors (Lipinski definition) is 1. The number of halogens is 1. The molecule has 0 spiro atoms. The smallest absolute Gasteiger partial charge is 0.228 e. The van der Waals surface area contributed by atoms with Crippen LogP contribution in [0.2, 0.25) is 0 Å². The van der Waals surface area contributed by atoms with Crippen molar-refractivity contribution in [3.63, 3.8) is 0 Å². The molecule has 1 amide bonds. The number of aromatic nitrogens is 1. The number of benzene rings is 1. The molecule has 2 rings (SSSR count). The van der Waals surface area contributed by atoms with Crippen molar-refractivity contribution in [3.8, 4) is 5.75 Å².